The van der Waals surface area contributed by atoms with Crippen molar-refractivity contribution in [3.05, 3.63) is 0 Å². The largest absolute Gasteiger partial charge is 0.378 e. The number of amides is 1. The molecule has 0 atom stereocenters. The summed E-state index contributed by atoms with van der Waals surface area (Å²) in [5, 5.41) is 2.91. The highest BCUT2D eigenvalue weighted by molar-refractivity contribution is 5.78. The first-order valence-corrected chi connectivity index (χ1v) is 5.90. The average Bonchev–Trinajstić information content (AvgIpc) is 2.30. The van der Waals surface area contributed by atoms with Gasteiger partial charge >= 0.3 is 0 Å². The minimum atomic E-state index is 0.200. The molecule has 0 aliphatic heterocycles. The Morgan fingerprint density at radius 3 is 2.67 bits per heavy atom. The second-order valence-electron chi connectivity index (χ2n) is 4.03. The van der Waals surface area contributed by atoms with E-state index in [9.17, 15) is 4.79 Å². The summed E-state index contributed by atoms with van der Waals surface area (Å²) in [6.07, 6.45) is 5.78. The van der Waals surface area contributed by atoms with E-state index in [1.807, 2.05) is 0 Å². The van der Waals surface area contributed by atoms with E-state index in [0.717, 1.165) is 12.8 Å². The van der Waals surface area contributed by atoms with Crippen LogP contribution in [0.15, 0.2) is 0 Å². The van der Waals surface area contributed by atoms with Crippen LogP contribution < -0.4 is 11.1 Å². The monoisotopic (exact) mass is 214 g/mol. The molecule has 1 aliphatic carbocycles. The number of nitrogens with two attached hydrogens (primary N) is 1. The lowest BCUT2D eigenvalue weighted by atomic mass is 9.89. The van der Waals surface area contributed by atoms with Gasteiger partial charge in [-0.1, -0.05) is 19.3 Å². The van der Waals surface area contributed by atoms with Crippen molar-refractivity contribution in [2.24, 2.45) is 11.7 Å². The molecule has 0 heterocycles. The van der Waals surface area contributed by atoms with Crippen LogP contribution in [0.1, 0.15) is 32.1 Å². The zero-order chi connectivity index (χ0) is 10.9. The third kappa shape index (κ3) is 5.14. The topological polar surface area (TPSA) is 64.3 Å². The van der Waals surface area contributed by atoms with Gasteiger partial charge in [0.1, 0.15) is 0 Å². The van der Waals surface area contributed by atoms with Crippen molar-refractivity contribution in [2.75, 3.05) is 26.3 Å². The molecule has 1 amide bonds. The highest BCUT2D eigenvalue weighted by atomic mass is 16.5. The lowest BCUT2D eigenvalue weighted by Crippen LogP contribution is -2.34. The first kappa shape index (κ1) is 12.5. The van der Waals surface area contributed by atoms with Crippen molar-refractivity contribution in [1.29, 1.82) is 0 Å². The van der Waals surface area contributed by atoms with Gasteiger partial charge < -0.3 is 15.8 Å². The zero-order valence-corrected chi connectivity index (χ0v) is 9.34. The van der Waals surface area contributed by atoms with Crippen molar-refractivity contribution in [3.63, 3.8) is 0 Å². The van der Waals surface area contributed by atoms with Gasteiger partial charge in [-0.25, -0.2) is 0 Å². The smallest absolute Gasteiger partial charge is 0.223 e. The molecule has 0 spiro atoms. The maximum Gasteiger partial charge on any atom is 0.223 e. The molecule has 0 bridgehead atoms. The fourth-order valence-corrected chi connectivity index (χ4v) is 1.94. The van der Waals surface area contributed by atoms with Gasteiger partial charge in [0.15, 0.2) is 0 Å². The van der Waals surface area contributed by atoms with Crippen molar-refractivity contribution in [1.82, 2.24) is 5.32 Å². The van der Waals surface area contributed by atoms with Gasteiger partial charge in [-0.05, 0) is 12.8 Å². The summed E-state index contributed by atoms with van der Waals surface area (Å²) in [5.74, 6) is 0.444. The Morgan fingerprint density at radius 1 is 1.27 bits per heavy atom. The van der Waals surface area contributed by atoms with Gasteiger partial charge in [0.05, 0.1) is 13.2 Å². The molecule has 1 rings (SSSR count). The molecular weight excluding hydrogens is 192 g/mol. The summed E-state index contributed by atoms with van der Waals surface area (Å²) >= 11 is 0. The Balaban J connectivity index is 2.02. The number of hydrogen-bond acceptors (Lipinski definition) is 3. The summed E-state index contributed by atoms with van der Waals surface area (Å²) in [6, 6.07) is 0. The molecule has 0 saturated heterocycles. The summed E-state index contributed by atoms with van der Waals surface area (Å²) in [6.45, 7) is 2.28. The van der Waals surface area contributed by atoms with E-state index in [1.165, 1.54) is 19.3 Å². The number of ether oxygens (including phenoxy) is 1. The molecule has 3 N–H and O–H groups in total. The third-order valence-electron chi connectivity index (χ3n) is 2.78. The predicted molar refractivity (Wildman–Crippen MR) is 59.5 cm³/mol. The maximum absolute atomic E-state index is 11.6. The van der Waals surface area contributed by atoms with Crippen LogP contribution in [0.4, 0.5) is 0 Å². The predicted octanol–water partition coefficient (Wildman–Crippen LogP) is 0.658. The molecule has 0 radical (unpaired) electrons. The van der Waals surface area contributed by atoms with Gasteiger partial charge in [0, 0.05) is 19.0 Å². The Bertz CT molecular complexity index is 179. The number of carbonyl (C=O) groups excluding carboxylic acids is 1. The second kappa shape index (κ2) is 7.65. The number of rotatable bonds is 6. The van der Waals surface area contributed by atoms with Gasteiger partial charge in [0.25, 0.3) is 0 Å². The highest BCUT2D eigenvalue weighted by Gasteiger charge is 2.20. The van der Waals surface area contributed by atoms with Crippen molar-refractivity contribution >= 4 is 5.91 Å². The molecule has 0 unspecified atom stereocenters. The summed E-state index contributed by atoms with van der Waals surface area (Å²) in [4.78, 5) is 11.6. The second-order valence-corrected chi connectivity index (χ2v) is 4.03. The standard InChI is InChI=1S/C11H22N2O2/c12-6-8-15-9-7-13-11(14)10-4-2-1-3-5-10/h10H,1-9,12H2,(H,13,14). The van der Waals surface area contributed by atoms with Crippen LogP contribution in [0.2, 0.25) is 0 Å². The van der Waals surface area contributed by atoms with E-state index in [-0.39, 0.29) is 11.8 Å². The Morgan fingerprint density at radius 2 is 2.00 bits per heavy atom. The van der Waals surface area contributed by atoms with Crippen LogP contribution in [0.3, 0.4) is 0 Å². The van der Waals surface area contributed by atoms with Crippen molar-refractivity contribution in [3.8, 4) is 0 Å². The molecule has 4 heteroatoms. The minimum Gasteiger partial charge on any atom is -0.378 e. The van der Waals surface area contributed by atoms with Gasteiger partial charge in [-0.2, -0.15) is 0 Å². The SMILES string of the molecule is NCCOCCNC(=O)C1CCCCC1. The summed E-state index contributed by atoms with van der Waals surface area (Å²) < 4.78 is 5.18. The van der Waals surface area contributed by atoms with Gasteiger partial charge in [0.2, 0.25) is 5.91 Å². The molecular formula is C11H22N2O2. The van der Waals surface area contributed by atoms with Crippen LogP contribution in [0.25, 0.3) is 0 Å². The normalized spacial score (nSPS) is 17.7. The molecule has 4 nitrogen and oxygen atoms in total. The molecule has 0 aromatic rings. The molecule has 1 fully saturated rings. The lowest BCUT2D eigenvalue weighted by Gasteiger charge is -2.20. The first-order chi connectivity index (χ1) is 7.34. The van der Waals surface area contributed by atoms with Gasteiger partial charge in [-0.3, -0.25) is 4.79 Å². The van der Waals surface area contributed by atoms with E-state index >= 15 is 0 Å². The first-order valence-electron chi connectivity index (χ1n) is 5.90. The third-order valence-corrected chi connectivity index (χ3v) is 2.78. The van der Waals surface area contributed by atoms with E-state index < -0.39 is 0 Å². The van der Waals surface area contributed by atoms with E-state index in [0.29, 0.717) is 26.3 Å². The van der Waals surface area contributed by atoms with Crippen molar-refractivity contribution in [2.45, 2.75) is 32.1 Å². The molecule has 1 saturated carbocycles. The zero-order valence-electron chi connectivity index (χ0n) is 9.34. The summed E-state index contributed by atoms with van der Waals surface area (Å²) in [5.41, 5.74) is 5.28. The molecule has 0 aromatic carbocycles. The average molecular weight is 214 g/mol. The molecule has 15 heavy (non-hydrogen) atoms. The quantitative estimate of drug-likeness (QED) is 0.638. The molecule has 88 valence electrons. The Kier molecular flexibility index (Phi) is 6.36. The molecule has 1 aliphatic rings. The minimum absolute atomic E-state index is 0.200. The van der Waals surface area contributed by atoms with Crippen LogP contribution >= 0.6 is 0 Å². The lowest BCUT2D eigenvalue weighted by molar-refractivity contribution is -0.126. The maximum atomic E-state index is 11.6. The van der Waals surface area contributed by atoms with Gasteiger partial charge in [-0.15, -0.1) is 0 Å². The number of hydrogen-bond donors (Lipinski definition) is 2. The van der Waals surface area contributed by atoms with Crippen LogP contribution in [0.5, 0.6) is 0 Å². The van der Waals surface area contributed by atoms with Crippen LogP contribution in [-0.2, 0) is 9.53 Å². The number of nitrogens with one attached hydrogen (secondary N) is 1. The van der Waals surface area contributed by atoms with Crippen LogP contribution in [-0.4, -0.2) is 32.2 Å². The Labute approximate surface area is 91.5 Å². The fourth-order valence-electron chi connectivity index (χ4n) is 1.94. The van der Waals surface area contributed by atoms with Crippen molar-refractivity contribution < 1.29 is 9.53 Å². The van der Waals surface area contributed by atoms with E-state index in [1.54, 1.807) is 0 Å². The summed E-state index contributed by atoms with van der Waals surface area (Å²) in [7, 11) is 0. The van der Waals surface area contributed by atoms with E-state index in [4.69, 9.17) is 10.5 Å². The number of carbonyl (C=O) groups is 1. The van der Waals surface area contributed by atoms with E-state index in [2.05, 4.69) is 5.32 Å². The Hall–Kier alpha value is -0.610. The fraction of sp³-hybridized carbons (Fsp3) is 0.909. The highest BCUT2D eigenvalue weighted by Crippen LogP contribution is 2.23. The van der Waals surface area contributed by atoms with Crippen LogP contribution in [0, 0.1) is 5.92 Å². The molecule has 0 aromatic heterocycles.